The fraction of sp³-hybridized carbons (Fsp3) is 0.438. The van der Waals surface area contributed by atoms with E-state index in [9.17, 15) is 0 Å². The molecular weight excluding hydrogens is 266 g/mol. The lowest BCUT2D eigenvalue weighted by Gasteiger charge is -2.31. The van der Waals surface area contributed by atoms with Gasteiger partial charge in [-0.15, -0.1) is 11.3 Å². The number of para-hydroxylation sites is 1. The van der Waals surface area contributed by atoms with Crippen molar-refractivity contribution in [2.24, 2.45) is 0 Å². The number of nitrogens with one attached hydrogen (secondary N) is 1. The third-order valence-corrected chi connectivity index (χ3v) is 4.62. The maximum absolute atomic E-state index is 4.61. The number of rotatable bonds is 2. The molecule has 0 saturated carbocycles. The summed E-state index contributed by atoms with van der Waals surface area (Å²) in [5.74, 6) is 0. The monoisotopic (exact) mass is 287 g/mol. The van der Waals surface area contributed by atoms with Crippen LogP contribution in [0, 0.1) is 6.92 Å². The zero-order valence-electron chi connectivity index (χ0n) is 12.3. The van der Waals surface area contributed by atoms with E-state index in [-0.39, 0.29) is 5.54 Å². The summed E-state index contributed by atoms with van der Waals surface area (Å²) in [7, 11) is 0. The molecule has 0 saturated heterocycles. The first-order valence-corrected chi connectivity index (χ1v) is 7.90. The Bertz CT molecular complexity index is 603. The van der Waals surface area contributed by atoms with Crippen molar-refractivity contribution in [3.63, 3.8) is 0 Å². The molecule has 2 heterocycles. The van der Waals surface area contributed by atoms with Gasteiger partial charge in [-0.1, -0.05) is 18.2 Å². The smallest absolute Gasteiger partial charge is 0.112 e. The fourth-order valence-electron chi connectivity index (χ4n) is 2.70. The maximum Gasteiger partial charge on any atom is 0.112 e. The third-order valence-electron chi connectivity index (χ3n) is 3.67. The average Bonchev–Trinajstić information content (AvgIpc) is 2.75. The van der Waals surface area contributed by atoms with Gasteiger partial charge in [-0.25, -0.2) is 4.98 Å². The van der Waals surface area contributed by atoms with Crippen molar-refractivity contribution in [3.8, 4) is 0 Å². The summed E-state index contributed by atoms with van der Waals surface area (Å²) >= 11 is 1.75. The second kappa shape index (κ2) is 5.19. The van der Waals surface area contributed by atoms with Crippen LogP contribution in [0.5, 0.6) is 0 Å². The molecule has 0 spiro atoms. The van der Waals surface area contributed by atoms with Crippen molar-refractivity contribution in [2.75, 3.05) is 11.4 Å². The summed E-state index contributed by atoms with van der Waals surface area (Å²) in [4.78, 5) is 7.06. The first kappa shape index (κ1) is 13.6. The van der Waals surface area contributed by atoms with Crippen LogP contribution in [-0.4, -0.2) is 17.1 Å². The molecule has 0 aliphatic carbocycles. The van der Waals surface area contributed by atoms with Crippen LogP contribution >= 0.6 is 11.3 Å². The highest BCUT2D eigenvalue weighted by Gasteiger charge is 2.27. The van der Waals surface area contributed by atoms with Gasteiger partial charge in [0.25, 0.3) is 0 Å². The molecule has 0 unspecified atom stereocenters. The highest BCUT2D eigenvalue weighted by molar-refractivity contribution is 7.09. The Morgan fingerprint density at radius 3 is 2.90 bits per heavy atom. The van der Waals surface area contributed by atoms with E-state index in [0.717, 1.165) is 25.3 Å². The van der Waals surface area contributed by atoms with Gasteiger partial charge in [-0.2, -0.15) is 0 Å². The van der Waals surface area contributed by atoms with Crippen LogP contribution in [-0.2, 0) is 13.1 Å². The van der Waals surface area contributed by atoms with Crippen LogP contribution in [0.3, 0.4) is 0 Å². The molecule has 0 bridgehead atoms. The Morgan fingerprint density at radius 1 is 1.35 bits per heavy atom. The molecule has 1 aliphatic heterocycles. The summed E-state index contributed by atoms with van der Waals surface area (Å²) in [5.41, 5.74) is 3.92. The quantitative estimate of drug-likeness (QED) is 0.918. The summed E-state index contributed by atoms with van der Waals surface area (Å²) < 4.78 is 0. The van der Waals surface area contributed by atoms with Crippen LogP contribution in [0.15, 0.2) is 29.6 Å². The Kier molecular flexibility index (Phi) is 3.52. The summed E-state index contributed by atoms with van der Waals surface area (Å²) in [6.45, 7) is 9.39. The van der Waals surface area contributed by atoms with Gasteiger partial charge in [0.1, 0.15) is 5.01 Å². The molecule has 2 aromatic rings. The molecule has 106 valence electrons. The van der Waals surface area contributed by atoms with Crippen molar-refractivity contribution >= 4 is 17.0 Å². The van der Waals surface area contributed by atoms with E-state index in [0.29, 0.717) is 0 Å². The molecular formula is C16H21N3S. The molecule has 20 heavy (non-hydrogen) atoms. The third kappa shape index (κ3) is 2.86. The predicted molar refractivity (Wildman–Crippen MR) is 85.3 cm³/mol. The molecule has 3 nitrogen and oxygen atoms in total. The van der Waals surface area contributed by atoms with Crippen LogP contribution < -0.4 is 10.2 Å². The van der Waals surface area contributed by atoms with Crippen LogP contribution in [0.25, 0.3) is 0 Å². The van der Waals surface area contributed by atoms with Gasteiger partial charge in [-0.3, -0.25) is 0 Å². The highest BCUT2D eigenvalue weighted by Crippen LogP contribution is 2.28. The van der Waals surface area contributed by atoms with E-state index in [1.54, 1.807) is 11.3 Å². The first-order chi connectivity index (χ1) is 9.53. The van der Waals surface area contributed by atoms with Gasteiger partial charge in [0.2, 0.25) is 0 Å². The van der Waals surface area contributed by atoms with Crippen molar-refractivity contribution in [3.05, 3.63) is 45.9 Å². The van der Waals surface area contributed by atoms with Crippen LogP contribution in [0.2, 0.25) is 0 Å². The maximum atomic E-state index is 4.61. The number of aromatic nitrogens is 1. The molecule has 1 aliphatic rings. The summed E-state index contributed by atoms with van der Waals surface area (Å²) in [5, 5.41) is 6.96. The lowest BCUT2D eigenvalue weighted by atomic mass is 10.1. The van der Waals surface area contributed by atoms with Gasteiger partial charge in [0, 0.05) is 35.4 Å². The Balaban J connectivity index is 1.93. The molecule has 1 N–H and O–H groups in total. The number of aryl methyl sites for hydroxylation is 1. The zero-order chi connectivity index (χ0) is 14.2. The van der Waals surface area contributed by atoms with Crippen molar-refractivity contribution in [2.45, 2.75) is 39.4 Å². The van der Waals surface area contributed by atoms with E-state index in [4.69, 9.17) is 0 Å². The molecule has 0 atom stereocenters. The lowest BCUT2D eigenvalue weighted by molar-refractivity contribution is 0.395. The minimum Gasteiger partial charge on any atom is -0.363 e. The Hall–Kier alpha value is -1.39. The second-order valence-corrected chi connectivity index (χ2v) is 7.05. The Labute approximate surface area is 124 Å². The number of fused-ring (bicyclic) bond motifs is 1. The minimum atomic E-state index is 0.103. The Morgan fingerprint density at radius 2 is 2.15 bits per heavy atom. The van der Waals surface area contributed by atoms with Gasteiger partial charge < -0.3 is 10.2 Å². The summed E-state index contributed by atoms with van der Waals surface area (Å²) in [6, 6.07) is 8.67. The molecule has 0 radical (unpaired) electrons. The molecule has 4 heteroatoms. The minimum absolute atomic E-state index is 0.103. The largest absolute Gasteiger partial charge is 0.363 e. The van der Waals surface area contributed by atoms with Gasteiger partial charge >= 0.3 is 0 Å². The van der Waals surface area contributed by atoms with E-state index in [2.05, 4.69) is 65.6 Å². The van der Waals surface area contributed by atoms with Gasteiger partial charge in [0.15, 0.2) is 0 Å². The molecule has 1 aromatic heterocycles. The lowest BCUT2D eigenvalue weighted by Crippen LogP contribution is -2.46. The molecule has 0 amide bonds. The summed E-state index contributed by atoms with van der Waals surface area (Å²) in [6.07, 6.45) is 0. The van der Waals surface area contributed by atoms with Crippen molar-refractivity contribution in [1.82, 2.24) is 10.3 Å². The SMILES string of the molecule is Cc1csc(CN2CC(C)(C)NCc3ccccc32)n1. The molecule has 3 rings (SSSR count). The normalized spacial score (nSPS) is 17.6. The highest BCUT2D eigenvalue weighted by atomic mass is 32.1. The van der Waals surface area contributed by atoms with Crippen LogP contribution in [0.4, 0.5) is 5.69 Å². The van der Waals surface area contributed by atoms with E-state index in [1.165, 1.54) is 16.3 Å². The average molecular weight is 287 g/mol. The number of thiazole rings is 1. The number of benzene rings is 1. The number of anilines is 1. The predicted octanol–water partition coefficient (Wildman–Crippen LogP) is 3.34. The molecule has 0 fully saturated rings. The number of hydrogen-bond acceptors (Lipinski definition) is 4. The number of hydrogen-bond donors (Lipinski definition) is 1. The van der Waals surface area contributed by atoms with Crippen molar-refractivity contribution in [1.29, 1.82) is 0 Å². The van der Waals surface area contributed by atoms with Gasteiger partial charge in [0.05, 0.1) is 6.54 Å². The second-order valence-electron chi connectivity index (χ2n) is 6.10. The number of nitrogens with zero attached hydrogens (tertiary/aromatic N) is 2. The van der Waals surface area contributed by atoms with Gasteiger partial charge in [-0.05, 0) is 32.4 Å². The van der Waals surface area contributed by atoms with E-state index >= 15 is 0 Å². The first-order valence-electron chi connectivity index (χ1n) is 7.02. The van der Waals surface area contributed by atoms with Crippen LogP contribution in [0.1, 0.15) is 30.1 Å². The fourth-order valence-corrected chi connectivity index (χ4v) is 3.49. The standard InChI is InChI=1S/C16H21N3S/c1-12-10-20-15(18-12)9-19-11-16(2,3)17-8-13-6-4-5-7-14(13)19/h4-7,10,17H,8-9,11H2,1-3H3. The van der Waals surface area contributed by atoms with E-state index < -0.39 is 0 Å². The molecule has 1 aromatic carbocycles. The van der Waals surface area contributed by atoms with E-state index in [1.807, 2.05) is 0 Å². The van der Waals surface area contributed by atoms with Crippen molar-refractivity contribution < 1.29 is 0 Å². The topological polar surface area (TPSA) is 28.2 Å². The zero-order valence-corrected chi connectivity index (χ0v) is 13.1.